The highest BCUT2D eigenvalue weighted by Gasteiger charge is 2.21. The lowest BCUT2D eigenvalue weighted by Gasteiger charge is -2.21. The molecule has 0 aliphatic heterocycles. The van der Waals surface area contributed by atoms with E-state index in [1.807, 2.05) is 0 Å². The van der Waals surface area contributed by atoms with Gasteiger partial charge >= 0.3 is 0 Å². The molecule has 116 valence electrons. The molecule has 22 heavy (non-hydrogen) atoms. The Balaban J connectivity index is 2.19. The Kier molecular flexibility index (Phi) is 4.71. The fraction of sp³-hybridized carbons (Fsp3) is 0.143. The monoisotopic (exact) mass is 323 g/mol. The minimum absolute atomic E-state index is 0.0869. The van der Waals surface area contributed by atoms with E-state index in [0.717, 1.165) is 16.6 Å². The van der Waals surface area contributed by atoms with Gasteiger partial charge < -0.3 is 5.32 Å². The maximum atomic E-state index is 13.3. The van der Waals surface area contributed by atoms with Crippen LogP contribution in [0.25, 0.3) is 0 Å². The Morgan fingerprint density at radius 1 is 1.32 bits per heavy atom. The predicted octanol–water partition coefficient (Wildman–Crippen LogP) is 1.63. The average molecular weight is 323 g/mol. The number of nitrogens with zero attached hydrogens (tertiary/aromatic N) is 2. The fourth-order valence-corrected chi connectivity index (χ4v) is 2.65. The minimum Gasteiger partial charge on any atom is -0.323 e. The summed E-state index contributed by atoms with van der Waals surface area (Å²) in [5, 5.41) is 2.53. The van der Waals surface area contributed by atoms with Gasteiger partial charge in [0, 0.05) is 6.20 Å². The first-order valence-corrected chi connectivity index (χ1v) is 8.14. The van der Waals surface area contributed by atoms with Gasteiger partial charge in [0.15, 0.2) is 0 Å². The minimum atomic E-state index is -3.73. The second-order valence-electron chi connectivity index (χ2n) is 4.54. The molecule has 1 heterocycles. The number of carbonyl (C=O) groups is 1. The summed E-state index contributed by atoms with van der Waals surface area (Å²) < 4.78 is 37.8. The second kappa shape index (κ2) is 6.52. The predicted molar refractivity (Wildman–Crippen MR) is 81.5 cm³/mol. The molecule has 0 bridgehead atoms. The first-order chi connectivity index (χ1) is 10.4. The van der Waals surface area contributed by atoms with E-state index in [2.05, 4.69) is 10.3 Å². The van der Waals surface area contributed by atoms with Gasteiger partial charge in [-0.25, -0.2) is 12.8 Å². The van der Waals surface area contributed by atoms with E-state index < -0.39 is 28.3 Å². The van der Waals surface area contributed by atoms with Gasteiger partial charge in [0.2, 0.25) is 15.9 Å². The number of benzene rings is 1. The van der Waals surface area contributed by atoms with E-state index in [0.29, 0.717) is 5.69 Å². The molecule has 1 aromatic carbocycles. The van der Waals surface area contributed by atoms with E-state index in [1.165, 1.54) is 24.4 Å². The van der Waals surface area contributed by atoms with Crippen LogP contribution >= 0.6 is 0 Å². The van der Waals surface area contributed by atoms with Crippen LogP contribution in [0.2, 0.25) is 0 Å². The number of aromatic nitrogens is 1. The Morgan fingerprint density at radius 2 is 2.09 bits per heavy atom. The topological polar surface area (TPSA) is 79.4 Å². The summed E-state index contributed by atoms with van der Waals surface area (Å²) >= 11 is 0. The molecular formula is C14H14FN3O3S. The van der Waals surface area contributed by atoms with Gasteiger partial charge in [0.1, 0.15) is 12.4 Å². The van der Waals surface area contributed by atoms with Crippen molar-refractivity contribution in [3.8, 4) is 0 Å². The zero-order valence-electron chi connectivity index (χ0n) is 11.7. The van der Waals surface area contributed by atoms with E-state index in [4.69, 9.17) is 0 Å². The molecule has 0 spiro atoms. The van der Waals surface area contributed by atoms with Gasteiger partial charge in [-0.1, -0.05) is 6.07 Å². The van der Waals surface area contributed by atoms with E-state index >= 15 is 0 Å². The Hall–Kier alpha value is -2.48. The van der Waals surface area contributed by atoms with Crippen LogP contribution in [-0.2, 0) is 14.8 Å². The van der Waals surface area contributed by atoms with Gasteiger partial charge in [-0.15, -0.1) is 0 Å². The number of rotatable bonds is 5. The van der Waals surface area contributed by atoms with Crippen molar-refractivity contribution < 1.29 is 17.6 Å². The van der Waals surface area contributed by atoms with Gasteiger partial charge in [0.25, 0.3) is 0 Å². The molecule has 2 aromatic rings. The van der Waals surface area contributed by atoms with Crippen LogP contribution in [0.3, 0.4) is 0 Å². The maximum absolute atomic E-state index is 13.3. The number of carbonyl (C=O) groups excluding carboxylic acids is 1. The molecule has 0 aliphatic carbocycles. The van der Waals surface area contributed by atoms with Crippen molar-refractivity contribution in [2.24, 2.45) is 0 Å². The third-order valence-electron chi connectivity index (χ3n) is 2.73. The first-order valence-electron chi connectivity index (χ1n) is 6.29. The van der Waals surface area contributed by atoms with E-state index in [1.54, 1.807) is 18.3 Å². The van der Waals surface area contributed by atoms with Gasteiger partial charge in [0.05, 0.1) is 23.8 Å². The highest BCUT2D eigenvalue weighted by Crippen LogP contribution is 2.18. The van der Waals surface area contributed by atoms with Crippen LogP contribution in [0.5, 0.6) is 0 Å². The van der Waals surface area contributed by atoms with Crippen LogP contribution in [0.4, 0.5) is 15.8 Å². The summed E-state index contributed by atoms with van der Waals surface area (Å²) in [6.45, 7) is -0.461. The van der Waals surface area contributed by atoms with Crippen LogP contribution in [-0.4, -0.2) is 32.1 Å². The van der Waals surface area contributed by atoms with Crippen molar-refractivity contribution >= 4 is 27.3 Å². The number of nitrogens with one attached hydrogen (secondary N) is 1. The number of pyridine rings is 1. The van der Waals surface area contributed by atoms with Crippen molar-refractivity contribution in [1.29, 1.82) is 0 Å². The molecule has 8 heteroatoms. The van der Waals surface area contributed by atoms with Crippen molar-refractivity contribution in [1.82, 2.24) is 4.98 Å². The van der Waals surface area contributed by atoms with Crippen molar-refractivity contribution in [2.45, 2.75) is 0 Å². The molecule has 0 radical (unpaired) electrons. The standard InChI is InChI=1S/C14H14FN3O3S/c1-22(20,21)18(13-6-2-4-11(15)8-13)10-14(19)17-12-5-3-7-16-9-12/h2-9H,10H2,1H3,(H,17,19). The van der Waals surface area contributed by atoms with Crippen molar-refractivity contribution in [3.63, 3.8) is 0 Å². The van der Waals surface area contributed by atoms with Crippen molar-refractivity contribution in [2.75, 3.05) is 22.4 Å². The molecule has 2 rings (SSSR count). The average Bonchev–Trinajstić information content (AvgIpc) is 2.44. The number of halogens is 1. The smallest absolute Gasteiger partial charge is 0.245 e. The van der Waals surface area contributed by atoms with Crippen molar-refractivity contribution in [3.05, 3.63) is 54.6 Å². The third kappa shape index (κ3) is 4.26. The number of hydrogen-bond acceptors (Lipinski definition) is 4. The highest BCUT2D eigenvalue weighted by atomic mass is 32.2. The van der Waals surface area contributed by atoms with Gasteiger partial charge in [-0.2, -0.15) is 0 Å². The second-order valence-corrected chi connectivity index (χ2v) is 6.45. The summed E-state index contributed by atoms with van der Waals surface area (Å²) in [5.41, 5.74) is 0.532. The number of amides is 1. The number of anilines is 2. The molecule has 0 unspecified atom stereocenters. The maximum Gasteiger partial charge on any atom is 0.245 e. The SMILES string of the molecule is CS(=O)(=O)N(CC(=O)Nc1cccnc1)c1cccc(F)c1. The lowest BCUT2D eigenvalue weighted by Crippen LogP contribution is -2.37. The molecule has 0 saturated heterocycles. The summed E-state index contributed by atoms with van der Waals surface area (Å²) in [6, 6.07) is 8.30. The lowest BCUT2D eigenvalue weighted by molar-refractivity contribution is -0.114. The molecule has 0 saturated carbocycles. The van der Waals surface area contributed by atoms with E-state index in [-0.39, 0.29) is 5.69 Å². The molecule has 6 nitrogen and oxygen atoms in total. The summed E-state index contributed by atoms with van der Waals surface area (Å²) in [6.07, 6.45) is 3.94. The van der Waals surface area contributed by atoms with E-state index in [9.17, 15) is 17.6 Å². The van der Waals surface area contributed by atoms with Gasteiger partial charge in [-0.3, -0.25) is 14.1 Å². The Bertz CT molecular complexity index is 766. The zero-order chi connectivity index (χ0) is 16.2. The van der Waals surface area contributed by atoms with Gasteiger partial charge in [-0.05, 0) is 30.3 Å². The largest absolute Gasteiger partial charge is 0.323 e. The lowest BCUT2D eigenvalue weighted by atomic mass is 10.3. The van der Waals surface area contributed by atoms with Crippen LogP contribution in [0.1, 0.15) is 0 Å². The quantitative estimate of drug-likeness (QED) is 0.907. The molecule has 0 aliphatic rings. The summed E-state index contributed by atoms with van der Waals surface area (Å²) in [4.78, 5) is 15.8. The molecule has 1 aromatic heterocycles. The number of sulfonamides is 1. The van der Waals surface area contributed by atoms with Crippen LogP contribution in [0, 0.1) is 5.82 Å². The van der Waals surface area contributed by atoms with Crippen LogP contribution < -0.4 is 9.62 Å². The zero-order valence-corrected chi connectivity index (χ0v) is 12.5. The molecule has 1 N–H and O–H groups in total. The molecule has 1 amide bonds. The highest BCUT2D eigenvalue weighted by molar-refractivity contribution is 7.92. The Morgan fingerprint density at radius 3 is 2.68 bits per heavy atom. The van der Waals surface area contributed by atoms with Crippen LogP contribution in [0.15, 0.2) is 48.8 Å². The molecule has 0 fully saturated rings. The number of hydrogen-bond donors (Lipinski definition) is 1. The fourth-order valence-electron chi connectivity index (χ4n) is 1.80. The molecule has 0 atom stereocenters. The molecular weight excluding hydrogens is 309 g/mol. The summed E-state index contributed by atoms with van der Waals surface area (Å²) in [7, 11) is -3.73. The first kappa shape index (κ1) is 15.9. The summed E-state index contributed by atoms with van der Waals surface area (Å²) in [5.74, 6) is -1.14. The third-order valence-corrected chi connectivity index (χ3v) is 3.87. The Labute approximate surface area is 127 Å². The normalized spacial score (nSPS) is 11.0.